The van der Waals surface area contributed by atoms with Crippen LogP contribution in [0.2, 0.25) is 0 Å². The standard InChI is InChI=1S/C15H23NO2S/c1-15(2,7-8-17)10-16-14(18)13-9-11-5-3-4-6-12(11)19-13/h9,17H,3-8,10H2,1-2H3,(H,16,18). The first-order valence-corrected chi connectivity index (χ1v) is 7.84. The third kappa shape index (κ3) is 3.80. The van der Waals surface area contributed by atoms with Crippen LogP contribution >= 0.6 is 11.3 Å². The van der Waals surface area contributed by atoms with E-state index in [-0.39, 0.29) is 17.9 Å². The summed E-state index contributed by atoms with van der Waals surface area (Å²) in [6.07, 6.45) is 5.44. The smallest absolute Gasteiger partial charge is 0.261 e. The Morgan fingerprint density at radius 3 is 2.84 bits per heavy atom. The van der Waals surface area contributed by atoms with E-state index in [9.17, 15) is 4.79 Å². The number of carbonyl (C=O) groups is 1. The van der Waals surface area contributed by atoms with Gasteiger partial charge in [0.15, 0.2) is 0 Å². The molecule has 0 radical (unpaired) electrons. The van der Waals surface area contributed by atoms with Gasteiger partial charge in [0.05, 0.1) is 4.88 Å². The Morgan fingerprint density at radius 1 is 1.42 bits per heavy atom. The number of thiophene rings is 1. The fourth-order valence-corrected chi connectivity index (χ4v) is 3.57. The molecule has 0 saturated heterocycles. The highest BCUT2D eigenvalue weighted by Gasteiger charge is 2.21. The highest BCUT2D eigenvalue weighted by Crippen LogP contribution is 2.29. The third-order valence-corrected chi connectivity index (χ3v) is 4.97. The number of hydrogen-bond acceptors (Lipinski definition) is 3. The van der Waals surface area contributed by atoms with Crippen LogP contribution in [0.5, 0.6) is 0 Å². The fraction of sp³-hybridized carbons (Fsp3) is 0.667. The largest absolute Gasteiger partial charge is 0.396 e. The molecule has 0 bridgehead atoms. The predicted molar refractivity (Wildman–Crippen MR) is 78.8 cm³/mol. The van der Waals surface area contributed by atoms with E-state index in [4.69, 9.17) is 5.11 Å². The first kappa shape index (κ1) is 14.5. The molecular weight excluding hydrogens is 258 g/mol. The predicted octanol–water partition coefficient (Wildman–Crippen LogP) is 2.77. The normalized spacial score (nSPS) is 15.1. The number of carbonyl (C=O) groups excluding carboxylic acids is 1. The van der Waals surface area contributed by atoms with Crippen molar-refractivity contribution < 1.29 is 9.90 Å². The summed E-state index contributed by atoms with van der Waals surface area (Å²) in [7, 11) is 0. The Balaban J connectivity index is 1.95. The van der Waals surface area contributed by atoms with Crippen molar-refractivity contribution in [1.82, 2.24) is 5.32 Å². The molecule has 1 aliphatic rings. The number of aliphatic hydroxyl groups excluding tert-OH is 1. The van der Waals surface area contributed by atoms with Crippen molar-refractivity contribution in [2.24, 2.45) is 5.41 Å². The lowest BCUT2D eigenvalue weighted by molar-refractivity contribution is 0.0932. The summed E-state index contributed by atoms with van der Waals surface area (Å²) in [6.45, 7) is 4.89. The van der Waals surface area contributed by atoms with Crippen LogP contribution in [-0.4, -0.2) is 24.2 Å². The fourth-order valence-electron chi connectivity index (χ4n) is 2.40. The summed E-state index contributed by atoms with van der Waals surface area (Å²) < 4.78 is 0. The van der Waals surface area contributed by atoms with Gasteiger partial charge in [-0.1, -0.05) is 13.8 Å². The molecule has 1 heterocycles. The van der Waals surface area contributed by atoms with Gasteiger partial charge in [-0.3, -0.25) is 4.79 Å². The molecule has 1 amide bonds. The van der Waals surface area contributed by atoms with E-state index in [0.29, 0.717) is 13.0 Å². The average Bonchev–Trinajstić information content (AvgIpc) is 2.79. The molecule has 3 nitrogen and oxygen atoms in total. The first-order chi connectivity index (χ1) is 9.02. The second-order valence-corrected chi connectivity index (χ2v) is 7.22. The summed E-state index contributed by atoms with van der Waals surface area (Å²) in [5.74, 6) is 0.0328. The van der Waals surface area contributed by atoms with Gasteiger partial charge >= 0.3 is 0 Å². The average molecular weight is 281 g/mol. The van der Waals surface area contributed by atoms with Crippen LogP contribution in [0.15, 0.2) is 6.07 Å². The number of aryl methyl sites for hydroxylation is 2. The maximum atomic E-state index is 12.2. The van der Waals surface area contributed by atoms with E-state index in [1.165, 1.54) is 23.3 Å². The SMILES string of the molecule is CC(C)(CCO)CNC(=O)c1cc2c(s1)CCCC2. The van der Waals surface area contributed by atoms with E-state index < -0.39 is 0 Å². The summed E-state index contributed by atoms with van der Waals surface area (Å²) >= 11 is 1.65. The second kappa shape index (κ2) is 6.06. The van der Waals surface area contributed by atoms with Gasteiger partial charge in [0, 0.05) is 18.0 Å². The maximum Gasteiger partial charge on any atom is 0.261 e. The van der Waals surface area contributed by atoms with Gasteiger partial charge in [-0.2, -0.15) is 0 Å². The molecule has 2 N–H and O–H groups in total. The van der Waals surface area contributed by atoms with E-state index in [1.807, 2.05) is 0 Å². The highest BCUT2D eigenvalue weighted by atomic mass is 32.1. The zero-order valence-electron chi connectivity index (χ0n) is 11.8. The molecule has 106 valence electrons. The zero-order valence-corrected chi connectivity index (χ0v) is 12.6. The molecular formula is C15H23NO2S. The van der Waals surface area contributed by atoms with Crippen LogP contribution < -0.4 is 5.32 Å². The van der Waals surface area contributed by atoms with Gasteiger partial charge in [-0.15, -0.1) is 11.3 Å². The maximum absolute atomic E-state index is 12.2. The summed E-state index contributed by atoms with van der Waals surface area (Å²) in [5.41, 5.74) is 1.32. The lowest BCUT2D eigenvalue weighted by Gasteiger charge is -2.23. The molecule has 1 aromatic rings. The molecule has 1 aromatic heterocycles. The van der Waals surface area contributed by atoms with Gasteiger partial charge in [0.1, 0.15) is 0 Å². The van der Waals surface area contributed by atoms with Gasteiger partial charge in [-0.25, -0.2) is 0 Å². The molecule has 0 atom stereocenters. The molecule has 0 spiro atoms. The minimum atomic E-state index is -0.0543. The Kier molecular flexibility index (Phi) is 4.63. The Bertz CT molecular complexity index is 427. The molecule has 0 aromatic carbocycles. The van der Waals surface area contributed by atoms with Crippen LogP contribution in [0.1, 0.15) is 53.2 Å². The first-order valence-electron chi connectivity index (χ1n) is 7.02. The highest BCUT2D eigenvalue weighted by molar-refractivity contribution is 7.14. The lowest BCUT2D eigenvalue weighted by atomic mass is 9.90. The van der Waals surface area contributed by atoms with E-state index in [1.54, 1.807) is 11.3 Å². The van der Waals surface area contributed by atoms with Crippen molar-refractivity contribution in [3.05, 3.63) is 21.4 Å². The van der Waals surface area contributed by atoms with Crippen molar-refractivity contribution in [2.75, 3.05) is 13.2 Å². The quantitative estimate of drug-likeness (QED) is 0.872. The number of hydrogen-bond donors (Lipinski definition) is 2. The molecule has 0 unspecified atom stereocenters. The van der Waals surface area contributed by atoms with E-state index >= 15 is 0 Å². The van der Waals surface area contributed by atoms with Gasteiger partial charge in [0.2, 0.25) is 0 Å². The molecule has 0 fully saturated rings. The monoisotopic (exact) mass is 281 g/mol. The molecule has 0 aliphatic heterocycles. The molecule has 0 saturated carbocycles. The number of aliphatic hydroxyl groups is 1. The van der Waals surface area contributed by atoms with Crippen LogP contribution in [0.3, 0.4) is 0 Å². The number of amides is 1. The second-order valence-electron chi connectivity index (χ2n) is 6.09. The summed E-state index contributed by atoms with van der Waals surface area (Å²) in [5, 5.41) is 12.0. The minimum absolute atomic E-state index is 0.0328. The molecule has 19 heavy (non-hydrogen) atoms. The van der Waals surface area contributed by atoms with Crippen molar-refractivity contribution in [2.45, 2.75) is 46.0 Å². The van der Waals surface area contributed by atoms with Gasteiger partial charge < -0.3 is 10.4 Å². The summed E-state index contributed by atoms with van der Waals surface area (Å²) in [6, 6.07) is 2.06. The Hall–Kier alpha value is -0.870. The van der Waals surface area contributed by atoms with Crippen LogP contribution in [0.25, 0.3) is 0 Å². The van der Waals surface area contributed by atoms with E-state index in [0.717, 1.165) is 17.7 Å². The Morgan fingerprint density at radius 2 is 2.16 bits per heavy atom. The topological polar surface area (TPSA) is 49.3 Å². The molecule has 2 rings (SSSR count). The molecule has 1 aliphatic carbocycles. The van der Waals surface area contributed by atoms with Crippen LogP contribution in [0, 0.1) is 5.41 Å². The minimum Gasteiger partial charge on any atom is -0.396 e. The van der Waals surface area contributed by atoms with Crippen LogP contribution in [-0.2, 0) is 12.8 Å². The number of rotatable bonds is 5. The van der Waals surface area contributed by atoms with Crippen LogP contribution in [0.4, 0.5) is 0 Å². The number of nitrogens with one attached hydrogen (secondary N) is 1. The van der Waals surface area contributed by atoms with Crippen molar-refractivity contribution in [3.8, 4) is 0 Å². The summed E-state index contributed by atoms with van der Waals surface area (Å²) in [4.78, 5) is 14.4. The van der Waals surface area contributed by atoms with Gasteiger partial charge in [0.25, 0.3) is 5.91 Å². The molecule has 4 heteroatoms. The van der Waals surface area contributed by atoms with Gasteiger partial charge in [-0.05, 0) is 49.1 Å². The van der Waals surface area contributed by atoms with E-state index in [2.05, 4.69) is 25.2 Å². The van der Waals surface area contributed by atoms with Crippen molar-refractivity contribution >= 4 is 17.2 Å². The van der Waals surface area contributed by atoms with Crippen molar-refractivity contribution in [3.63, 3.8) is 0 Å². The lowest BCUT2D eigenvalue weighted by Crippen LogP contribution is -2.34. The number of fused-ring (bicyclic) bond motifs is 1. The third-order valence-electron chi connectivity index (χ3n) is 3.74. The Labute approximate surface area is 119 Å². The van der Waals surface area contributed by atoms with Crippen molar-refractivity contribution in [1.29, 1.82) is 0 Å². The zero-order chi connectivity index (χ0) is 13.9.